The Morgan fingerprint density at radius 2 is 1.69 bits per heavy atom. The Balaban J connectivity index is 2.33. The van der Waals surface area contributed by atoms with Gasteiger partial charge in [-0.25, -0.2) is 4.79 Å². The van der Waals surface area contributed by atoms with Gasteiger partial charge < -0.3 is 13.9 Å². The van der Waals surface area contributed by atoms with Crippen LogP contribution in [-0.4, -0.2) is 47.8 Å². The average molecular weight is 437 g/mol. The minimum Gasteiger partial charge on any atom is -0.464 e. The van der Waals surface area contributed by atoms with Gasteiger partial charge in [0.2, 0.25) is 0 Å². The molecule has 2 rings (SSSR count). The molecular weight excluding hydrogens is 396 g/mol. The number of benzene rings is 1. The first-order valence-corrected chi connectivity index (χ1v) is 16.8. The van der Waals surface area contributed by atoms with Gasteiger partial charge in [0.1, 0.15) is 0 Å². The second-order valence-corrected chi connectivity index (χ2v) is 19.9. The number of ether oxygens (including phenoxy) is 2. The van der Waals surface area contributed by atoms with E-state index in [4.69, 9.17) is 13.9 Å². The Hall–Kier alpha value is -0.956. The maximum absolute atomic E-state index is 12.6. The van der Waals surface area contributed by atoms with Crippen molar-refractivity contribution in [1.82, 2.24) is 0 Å². The van der Waals surface area contributed by atoms with Crippen LogP contribution in [0.3, 0.4) is 0 Å². The Morgan fingerprint density at radius 3 is 2.21 bits per heavy atom. The first-order chi connectivity index (χ1) is 13.3. The maximum Gasteiger partial charge on any atom is 0.335 e. The highest BCUT2D eigenvalue weighted by atomic mass is 28.4. The van der Waals surface area contributed by atoms with Crippen molar-refractivity contribution in [2.75, 3.05) is 13.2 Å². The zero-order valence-electron chi connectivity index (χ0n) is 19.7. The molecule has 1 heterocycles. The first kappa shape index (κ1) is 24.3. The van der Waals surface area contributed by atoms with Crippen molar-refractivity contribution < 1.29 is 18.7 Å². The lowest BCUT2D eigenvalue weighted by Crippen LogP contribution is -2.52. The van der Waals surface area contributed by atoms with Gasteiger partial charge in [0.15, 0.2) is 14.4 Å². The van der Waals surface area contributed by atoms with E-state index < -0.39 is 22.5 Å². The van der Waals surface area contributed by atoms with Crippen molar-refractivity contribution >= 4 is 27.5 Å². The lowest BCUT2D eigenvalue weighted by molar-refractivity contribution is -0.157. The molecule has 4 atom stereocenters. The summed E-state index contributed by atoms with van der Waals surface area (Å²) < 4.78 is 18.3. The van der Waals surface area contributed by atoms with Gasteiger partial charge in [-0.2, -0.15) is 0 Å². The van der Waals surface area contributed by atoms with Gasteiger partial charge in [-0.3, -0.25) is 0 Å². The molecule has 1 saturated heterocycles. The molecule has 0 bridgehead atoms. The molecular formula is C23H40O4Si2. The van der Waals surface area contributed by atoms with Crippen molar-refractivity contribution in [1.29, 1.82) is 0 Å². The van der Waals surface area contributed by atoms with Crippen LogP contribution >= 0.6 is 0 Å². The number of hydrogen-bond donors (Lipinski definition) is 0. The van der Waals surface area contributed by atoms with E-state index in [1.807, 2.05) is 6.92 Å². The molecule has 29 heavy (non-hydrogen) atoms. The molecule has 6 heteroatoms. The van der Waals surface area contributed by atoms with Crippen LogP contribution in [0.5, 0.6) is 0 Å². The molecule has 1 aliphatic rings. The van der Waals surface area contributed by atoms with Crippen molar-refractivity contribution in [3.63, 3.8) is 0 Å². The summed E-state index contributed by atoms with van der Waals surface area (Å²) in [5.74, 6) is -0.137. The standard InChI is InChI=1S/C23H40O4Si2/c1-10-25-22(24)20-17(2)21(28(6,7)18-14-12-11-13-15-18)19(27-20)16-26-29(8,9)23(3,4)5/h11-15,17,19-21H,10,16H2,1-9H3/t17-,19-,20+,21+/m0/s1. The van der Waals surface area contributed by atoms with Gasteiger partial charge in [-0.15, -0.1) is 0 Å². The highest BCUT2D eigenvalue weighted by Gasteiger charge is 2.54. The van der Waals surface area contributed by atoms with Crippen LogP contribution in [0.4, 0.5) is 0 Å². The summed E-state index contributed by atoms with van der Waals surface area (Å²) in [6.45, 7) is 21.0. The van der Waals surface area contributed by atoms with Crippen LogP contribution < -0.4 is 5.19 Å². The zero-order chi connectivity index (χ0) is 22.0. The lowest BCUT2D eigenvalue weighted by Gasteiger charge is -2.39. The van der Waals surface area contributed by atoms with Gasteiger partial charge in [0.05, 0.1) is 27.4 Å². The number of esters is 1. The van der Waals surface area contributed by atoms with Crippen LogP contribution in [0.1, 0.15) is 34.6 Å². The molecule has 0 radical (unpaired) electrons. The molecule has 0 aliphatic carbocycles. The highest BCUT2D eigenvalue weighted by Crippen LogP contribution is 2.45. The van der Waals surface area contributed by atoms with E-state index in [0.717, 1.165) is 0 Å². The molecule has 0 aromatic heterocycles. The van der Waals surface area contributed by atoms with Crippen molar-refractivity contribution in [2.24, 2.45) is 5.92 Å². The fraction of sp³-hybridized carbons (Fsp3) is 0.696. The normalized spacial score (nSPS) is 25.8. The molecule has 1 aromatic carbocycles. The van der Waals surface area contributed by atoms with Crippen LogP contribution in [0.15, 0.2) is 30.3 Å². The second-order valence-electron chi connectivity index (χ2n) is 10.4. The molecule has 1 aromatic rings. The Labute approximate surface area is 179 Å². The summed E-state index contributed by atoms with van der Waals surface area (Å²) in [5.41, 5.74) is 0.282. The summed E-state index contributed by atoms with van der Waals surface area (Å²) in [6, 6.07) is 10.7. The Morgan fingerprint density at radius 1 is 1.10 bits per heavy atom. The molecule has 4 nitrogen and oxygen atoms in total. The highest BCUT2D eigenvalue weighted by molar-refractivity contribution is 6.91. The van der Waals surface area contributed by atoms with Crippen LogP contribution in [0.2, 0.25) is 36.8 Å². The molecule has 0 amide bonds. The summed E-state index contributed by atoms with van der Waals surface area (Å²) in [7, 11) is -3.83. The van der Waals surface area contributed by atoms with Gasteiger partial charge in [-0.05, 0) is 36.5 Å². The molecule has 0 saturated carbocycles. The molecule has 0 N–H and O–H groups in total. The number of rotatable bonds is 7. The number of hydrogen-bond acceptors (Lipinski definition) is 4. The Kier molecular flexibility index (Phi) is 7.58. The third kappa shape index (κ3) is 5.21. The quantitative estimate of drug-likeness (QED) is 0.447. The van der Waals surface area contributed by atoms with Gasteiger partial charge in [0.25, 0.3) is 0 Å². The van der Waals surface area contributed by atoms with Crippen molar-refractivity contribution in [3.05, 3.63) is 30.3 Å². The summed E-state index contributed by atoms with van der Waals surface area (Å²) in [6.07, 6.45) is -0.598. The smallest absolute Gasteiger partial charge is 0.335 e. The van der Waals surface area contributed by atoms with E-state index in [2.05, 4.69) is 84.2 Å². The predicted molar refractivity (Wildman–Crippen MR) is 125 cm³/mol. The monoisotopic (exact) mass is 436 g/mol. The molecule has 0 unspecified atom stereocenters. The summed E-state index contributed by atoms with van der Waals surface area (Å²) in [5, 5.41) is 1.53. The van der Waals surface area contributed by atoms with E-state index >= 15 is 0 Å². The maximum atomic E-state index is 12.6. The SMILES string of the molecule is CCOC(=O)[C@@H]1O[C@@H](CO[Si](C)(C)C(C)(C)C)[C@H]([Si](C)(C)c2ccccc2)[C@H]1C. The van der Waals surface area contributed by atoms with Crippen molar-refractivity contribution in [3.8, 4) is 0 Å². The van der Waals surface area contributed by atoms with E-state index in [1.54, 1.807) is 0 Å². The number of carbonyl (C=O) groups is 1. The first-order valence-electron chi connectivity index (χ1n) is 10.8. The van der Waals surface area contributed by atoms with Crippen LogP contribution in [-0.2, 0) is 18.7 Å². The van der Waals surface area contributed by atoms with Crippen molar-refractivity contribution in [2.45, 2.75) is 83.6 Å². The van der Waals surface area contributed by atoms with E-state index in [1.165, 1.54) is 5.19 Å². The third-order valence-corrected chi connectivity index (χ3v) is 15.9. The topological polar surface area (TPSA) is 44.8 Å². The van der Waals surface area contributed by atoms with Gasteiger partial charge >= 0.3 is 5.97 Å². The second kappa shape index (κ2) is 9.04. The molecule has 1 aliphatic heterocycles. The van der Waals surface area contributed by atoms with Gasteiger partial charge in [0, 0.05) is 0 Å². The summed E-state index contributed by atoms with van der Waals surface area (Å²) in [4.78, 5) is 12.6. The summed E-state index contributed by atoms with van der Waals surface area (Å²) >= 11 is 0. The third-order valence-electron chi connectivity index (χ3n) is 7.05. The lowest BCUT2D eigenvalue weighted by atomic mass is 10.0. The van der Waals surface area contributed by atoms with Crippen LogP contribution in [0.25, 0.3) is 0 Å². The Bertz CT molecular complexity index is 682. The molecule has 164 valence electrons. The van der Waals surface area contributed by atoms with Crippen LogP contribution in [0, 0.1) is 5.92 Å². The van der Waals surface area contributed by atoms with E-state index in [9.17, 15) is 4.79 Å². The predicted octanol–water partition coefficient (Wildman–Crippen LogP) is 4.96. The minimum atomic E-state index is -1.92. The fourth-order valence-corrected chi connectivity index (χ4v) is 9.29. The average Bonchev–Trinajstić information content (AvgIpc) is 2.97. The molecule has 1 fully saturated rings. The number of carbonyl (C=O) groups excluding carboxylic acids is 1. The molecule has 0 spiro atoms. The fourth-order valence-electron chi connectivity index (χ4n) is 4.25. The van der Waals surface area contributed by atoms with E-state index in [0.29, 0.717) is 13.2 Å². The largest absolute Gasteiger partial charge is 0.464 e. The minimum absolute atomic E-state index is 0.0876. The van der Waals surface area contributed by atoms with E-state index in [-0.39, 0.29) is 28.6 Å². The zero-order valence-corrected chi connectivity index (χ0v) is 21.7. The van der Waals surface area contributed by atoms with Gasteiger partial charge in [-0.1, -0.05) is 76.3 Å².